The number of hydrogen-bond donors (Lipinski definition) is 1. The molecule has 19 heavy (non-hydrogen) atoms. The van der Waals surface area contributed by atoms with E-state index in [9.17, 15) is 4.79 Å². The number of amides is 1. The van der Waals surface area contributed by atoms with Gasteiger partial charge >= 0.3 is 0 Å². The number of aromatic nitrogens is 2. The lowest BCUT2D eigenvalue weighted by molar-refractivity contribution is -0.115. The Balaban J connectivity index is 1.91. The van der Waals surface area contributed by atoms with Crippen molar-refractivity contribution < 1.29 is 4.79 Å². The lowest BCUT2D eigenvalue weighted by Gasteiger charge is -2.01. The fourth-order valence-corrected chi connectivity index (χ4v) is 3.18. The van der Waals surface area contributed by atoms with Crippen LogP contribution in [0.5, 0.6) is 0 Å². The van der Waals surface area contributed by atoms with E-state index in [0.29, 0.717) is 16.6 Å². The van der Waals surface area contributed by atoms with Crippen LogP contribution in [0.2, 0.25) is 5.02 Å². The van der Waals surface area contributed by atoms with Gasteiger partial charge in [-0.3, -0.25) is 4.79 Å². The van der Waals surface area contributed by atoms with Gasteiger partial charge in [-0.05, 0) is 23.4 Å². The maximum absolute atomic E-state index is 11.8. The van der Waals surface area contributed by atoms with E-state index in [0.717, 1.165) is 15.7 Å². The zero-order valence-corrected chi connectivity index (χ0v) is 12.6. The van der Waals surface area contributed by atoms with E-state index >= 15 is 0 Å². The van der Waals surface area contributed by atoms with E-state index in [1.165, 1.54) is 11.3 Å². The van der Waals surface area contributed by atoms with Crippen molar-refractivity contribution in [2.45, 2.75) is 17.7 Å². The van der Waals surface area contributed by atoms with Crippen molar-refractivity contribution in [3.63, 3.8) is 0 Å². The Hall–Kier alpha value is -1.11. The number of carbonyl (C=O) groups excluding carboxylic acids is 1. The first-order valence-corrected chi connectivity index (χ1v) is 7.86. The fourth-order valence-electron chi connectivity index (χ4n) is 1.39. The molecule has 1 amide bonds. The number of anilines is 1. The molecule has 0 aliphatic carbocycles. The molecule has 0 aliphatic heterocycles. The predicted molar refractivity (Wildman–Crippen MR) is 80.1 cm³/mol. The Morgan fingerprint density at radius 1 is 1.37 bits per heavy atom. The number of thioether (sulfide) groups is 1. The van der Waals surface area contributed by atoms with Crippen LogP contribution in [0.1, 0.15) is 12.5 Å². The third kappa shape index (κ3) is 4.49. The van der Waals surface area contributed by atoms with Gasteiger partial charge in [-0.15, -0.1) is 10.2 Å². The topological polar surface area (TPSA) is 54.9 Å². The molecule has 7 heteroatoms. The molecule has 1 N–H and O–H groups in total. The van der Waals surface area contributed by atoms with Gasteiger partial charge in [0.25, 0.3) is 0 Å². The smallest absolute Gasteiger partial charge is 0.230 e. The summed E-state index contributed by atoms with van der Waals surface area (Å²) >= 11 is 8.79. The summed E-state index contributed by atoms with van der Waals surface area (Å²) in [4.78, 5) is 11.8. The SMILES string of the molecule is CCSc1nnc(NC(=O)Cc2ccc(Cl)cc2)s1. The lowest BCUT2D eigenvalue weighted by Crippen LogP contribution is -2.14. The first kappa shape index (κ1) is 14.3. The summed E-state index contributed by atoms with van der Waals surface area (Å²) in [5.74, 6) is 0.833. The largest absolute Gasteiger partial charge is 0.300 e. The predicted octanol–water partition coefficient (Wildman–Crippen LogP) is 3.48. The van der Waals surface area contributed by atoms with Gasteiger partial charge < -0.3 is 5.32 Å². The monoisotopic (exact) mass is 313 g/mol. The van der Waals surface area contributed by atoms with Crippen LogP contribution >= 0.6 is 34.7 Å². The Bertz CT molecular complexity index is 556. The van der Waals surface area contributed by atoms with Gasteiger partial charge in [-0.1, -0.05) is 53.8 Å². The number of hydrogen-bond acceptors (Lipinski definition) is 5. The van der Waals surface area contributed by atoms with Crippen LogP contribution in [-0.2, 0) is 11.2 Å². The highest BCUT2D eigenvalue weighted by Gasteiger charge is 2.08. The van der Waals surface area contributed by atoms with Crippen molar-refractivity contribution in [1.29, 1.82) is 0 Å². The molecular formula is C12H12ClN3OS2. The zero-order chi connectivity index (χ0) is 13.7. The molecule has 0 bridgehead atoms. The third-order valence-corrected chi connectivity index (χ3v) is 4.30. The van der Waals surface area contributed by atoms with Crippen LogP contribution in [0.3, 0.4) is 0 Å². The first-order valence-electron chi connectivity index (χ1n) is 5.68. The van der Waals surface area contributed by atoms with Gasteiger partial charge in [-0.25, -0.2) is 0 Å². The Kier molecular flexibility index (Phi) is 5.18. The quantitative estimate of drug-likeness (QED) is 0.678. The van der Waals surface area contributed by atoms with E-state index in [1.54, 1.807) is 23.9 Å². The summed E-state index contributed by atoms with van der Waals surface area (Å²) in [5, 5.41) is 11.8. The molecule has 0 atom stereocenters. The average Bonchev–Trinajstić information content (AvgIpc) is 2.80. The molecule has 0 fully saturated rings. The molecule has 0 saturated heterocycles. The summed E-state index contributed by atoms with van der Waals surface area (Å²) < 4.78 is 0.865. The van der Waals surface area contributed by atoms with Crippen molar-refractivity contribution >= 4 is 45.7 Å². The van der Waals surface area contributed by atoms with E-state index in [1.807, 2.05) is 19.1 Å². The number of benzene rings is 1. The summed E-state index contributed by atoms with van der Waals surface area (Å²) in [6, 6.07) is 7.21. The molecule has 1 heterocycles. The average molecular weight is 314 g/mol. The number of carbonyl (C=O) groups is 1. The highest BCUT2D eigenvalue weighted by atomic mass is 35.5. The van der Waals surface area contributed by atoms with Crippen molar-refractivity contribution in [1.82, 2.24) is 10.2 Å². The van der Waals surface area contributed by atoms with Crippen molar-refractivity contribution in [3.05, 3.63) is 34.9 Å². The summed E-state index contributed by atoms with van der Waals surface area (Å²) in [7, 11) is 0. The molecular weight excluding hydrogens is 302 g/mol. The summed E-state index contributed by atoms with van der Waals surface area (Å²) in [6.45, 7) is 2.05. The molecule has 0 radical (unpaired) electrons. The van der Waals surface area contributed by atoms with Gasteiger partial charge in [-0.2, -0.15) is 0 Å². The number of halogens is 1. The lowest BCUT2D eigenvalue weighted by atomic mass is 10.1. The van der Waals surface area contributed by atoms with Gasteiger partial charge in [0.05, 0.1) is 6.42 Å². The van der Waals surface area contributed by atoms with Gasteiger partial charge in [0.1, 0.15) is 0 Å². The molecule has 0 aliphatic rings. The minimum Gasteiger partial charge on any atom is -0.300 e. The first-order chi connectivity index (χ1) is 9.17. The van der Waals surface area contributed by atoms with Crippen LogP contribution in [0.4, 0.5) is 5.13 Å². The van der Waals surface area contributed by atoms with Gasteiger partial charge in [0.15, 0.2) is 4.34 Å². The summed E-state index contributed by atoms with van der Waals surface area (Å²) in [6.07, 6.45) is 0.299. The molecule has 100 valence electrons. The fraction of sp³-hybridized carbons (Fsp3) is 0.250. The highest BCUT2D eigenvalue weighted by molar-refractivity contribution is 8.01. The van der Waals surface area contributed by atoms with E-state index in [-0.39, 0.29) is 5.91 Å². The maximum atomic E-state index is 11.8. The van der Waals surface area contributed by atoms with Crippen molar-refractivity contribution in [2.24, 2.45) is 0 Å². The second-order valence-corrected chi connectivity index (χ2v) is 6.58. The van der Waals surface area contributed by atoms with Crippen LogP contribution in [0.15, 0.2) is 28.6 Å². The minimum atomic E-state index is -0.105. The van der Waals surface area contributed by atoms with Crippen LogP contribution in [0.25, 0.3) is 0 Å². The molecule has 0 spiro atoms. The molecule has 0 saturated carbocycles. The second-order valence-electron chi connectivity index (χ2n) is 3.66. The second kappa shape index (κ2) is 6.88. The third-order valence-electron chi connectivity index (χ3n) is 2.20. The molecule has 2 aromatic rings. The minimum absolute atomic E-state index is 0.105. The van der Waals surface area contributed by atoms with E-state index in [2.05, 4.69) is 15.5 Å². The Labute approximate surface area is 124 Å². The number of rotatable bonds is 5. The van der Waals surface area contributed by atoms with Crippen molar-refractivity contribution in [2.75, 3.05) is 11.1 Å². The van der Waals surface area contributed by atoms with Crippen LogP contribution < -0.4 is 5.32 Å². The maximum Gasteiger partial charge on any atom is 0.230 e. The summed E-state index contributed by atoms with van der Waals surface area (Å²) in [5.41, 5.74) is 0.912. The molecule has 2 rings (SSSR count). The van der Waals surface area contributed by atoms with Crippen LogP contribution in [-0.4, -0.2) is 21.9 Å². The Morgan fingerprint density at radius 2 is 2.11 bits per heavy atom. The number of nitrogens with one attached hydrogen (secondary N) is 1. The number of nitrogens with zero attached hydrogens (tertiary/aromatic N) is 2. The normalized spacial score (nSPS) is 10.4. The van der Waals surface area contributed by atoms with Crippen LogP contribution in [0, 0.1) is 0 Å². The van der Waals surface area contributed by atoms with Gasteiger partial charge in [0, 0.05) is 5.02 Å². The standard InChI is InChI=1S/C12H12ClN3OS2/c1-2-18-12-16-15-11(19-12)14-10(17)7-8-3-5-9(13)6-4-8/h3-6H,2,7H2,1H3,(H,14,15,17). The van der Waals surface area contributed by atoms with E-state index < -0.39 is 0 Å². The Morgan fingerprint density at radius 3 is 2.79 bits per heavy atom. The highest BCUT2D eigenvalue weighted by Crippen LogP contribution is 2.25. The molecule has 0 unspecified atom stereocenters. The molecule has 4 nitrogen and oxygen atoms in total. The van der Waals surface area contributed by atoms with Gasteiger partial charge in [0.2, 0.25) is 11.0 Å². The molecule has 1 aromatic carbocycles. The van der Waals surface area contributed by atoms with Crippen molar-refractivity contribution in [3.8, 4) is 0 Å². The molecule has 1 aromatic heterocycles. The van der Waals surface area contributed by atoms with E-state index in [4.69, 9.17) is 11.6 Å². The zero-order valence-electron chi connectivity index (χ0n) is 10.2.